The zero-order valence-corrected chi connectivity index (χ0v) is 16.8. The summed E-state index contributed by atoms with van der Waals surface area (Å²) in [6, 6.07) is 0. The lowest BCUT2D eigenvalue weighted by atomic mass is 9.64. The summed E-state index contributed by atoms with van der Waals surface area (Å²) in [5, 5.41) is 0. The van der Waals surface area contributed by atoms with E-state index in [1.807, 2.05) is 4.90 Å². The SMILES string of the molecule is COC1=CC2(C=C(OC)C13CCCCC3)CCN(CCCN(C)C)C2=O. The highest BCUT2D eigenvalue weighted by atomic mass is 16.5. The molecule has 2 fully saturated rings. The molecule has 3 aliphatic rings. The second kappa shape index (κ2) is 7.63. The van der Waals surface area contributed by atoms with Crippen molar-refractivity contribution in [3.63, 3.8) is 0 Å². The lowest BCUT2D eigenvalue weighted by Gasteiger charge is -2.43. The number of methoxy groups -OCH3 is 2. The first-order chi connectivity index (χ1) is 12.5. The molecule has 0 radical (unpaired) electrons. The number of hydrogen-bond donors (Lipinski definition) is 0. The largest absolute Gasteiger partial charge is 0.500 e. The highest BCUT2D eigenvalue weighted by Crippen LogP contribution is 2.55. The van der Waals surface area contributed by atoms with Crippen molar-refractivity contribution in [3.05, 3.63) is 23.7 Å². The summed E-state index contributed by atoms with van der Waals surface area (Å²) in [7, 11) is 7.62. The number of hydrogen-bond acceptors (Lipinski definition) is 4. The predicted octanol–water partition coefficient (Wildman–Crippen LogP) is 3.18. The molecule has 1 amide bonds. The van der Waals surface area contributed by atoms with E-state index in [2.05, 4.69) is 31.1 Å². The Bertz CT molecular complexity index is 564. The highest BCUT2D eigenvalue weighted by molar-refractivity contribution is 5.89. The van der Waals surface area contributed by atoms with E-state index in [-0.39, 0.29) is 11.3 Å². The maximum atomic E-state index is 13.3. The Morgan fingerprint density at radius 3 is 2.19 bits per heavy atom. The number of ether oxygens (including phenoxy) is 2. The summed E-state index contributed by atoms with van der Waals surface area (Å²) in [5.41, 5.74) is -0.747. The number of carbonyl (C=O) groups is 1. The molecule has 5 nitrogen and oxygen atoms in total. The summed E-state index contributed by atoms with van der Waals surface area (Å²) in [5.74, 6) is 2.09. The van der Waals surface area contributed by atoms with Gasteiger partial charge in [-0.3, -0.25) is 4.79 Å². The highest BCUT2D eigenvalue weighted by Gasteiger charge is 2.53. The number of amides is 1. The molecule has 2 aliphatic carbocycles. The fourth-order valence-electron chi connectivity index (χ4n) is 4.95. The molecular weight excluding hydrogens is 328 g/mol. The quantitative estimate of drug-likeness (QED) is 0.728. The molecule has 3 rings (SSSR count). The van der Waals surface area contributed by atoms with Gasteiger partial charge < -0.3 is 19.3 Å². The average Bonchev–Trinajstić information content (AvgIpc) is 2.93. The van der Waals surface area contributed by atoms with Crippen molar-refractivity contribution in [2.45, 2.75) is 44.9 Å². The lowest BCUT2D eigenvalue weighted by Crippen LogP contribution is -2.40. The molecule has 1 saturated heterocycles. The molecule has 26 heavy (non-hydrogen) atoms. The number of likely N-dealkylation sites (tertiary alicyclic amines) is 1. The Hall–Kier alpha value is -1.49. The van der Waals surface area contributed by atoms with Crippen LogP contribution in [0.15, 0.2) is 23.7 Å². The van der Waals surface area contributed by atoms with Crippen LogP contribution in [0.3, 0.4) is 0 Å². The Morgan fingerprint density at radius 2 is 1.65 bits per heavy atom. The molecule has 146 valence electrons. The molecule has 0 aromatic heterocycles. The van der Waals surface area contributed by atoms with Crippen LogP contribution in [0.1, 0.15) is 44.9 Å². The van der Waals surface area contributed by atoms with Gasteiger partial charge in [0, 0.05) is 13.1 Å². The van der Waals surface area contributed by atoms with E-state index >= 15 is 0 Å². The van der Waals surface area contributed by atoms with Crippen LogP contribution in [-0.4, -0.2) is 63.7 Å². The fraction of sp³-hybridized carbons (Fsp3) is 0.762. The second-order valence-electron chi connectivity index (χ2n) is 8.31. The van der Waals surface area contributed by atoms with Crippen molar-refractivity contribution >= 4 is 5.91 Å². The van der Waals surface area contributed by atoms with Crippen molar-refractivity contribution in [3.8, 4) is 0 Å². The third-order valence-corrected chi connectivity index (χ3v) is 6.38. The molecule has 0 unspecified atom stereocenters. The van der Waals surface area contributed by atoms with E-state index in [0.29, 0.717) is 0 Å². The summed E-state index contributed by atoms with van der Waals surface area (Å²) >= 11 is 0. The molecule has 1 heterocycles. The molecule has 2 spiro atoms. The molecule has 0 N–H and O–H groups in total. The van der Waals surface area contributed by atoms with E-state index in [4.69, 9.17) is 9.47 Å². The Balaban J connectivity index is 1.85. The number of nitrogens with zero attached hydrogens (tertiary/aromatic N) is 2. The molecule has 0 bridgehead atoms. The monoisotopic (exact) mass is 362 g/mol. The van der Waals surface area contributed by atoms with Crippen LogP contribution in [-0.2, 0) is 14.3 Å². The third-order valence-electron chi connectivity index (χ3n) is 6.38. The van der Waals surface area contributed by atoms with Crippen LogP contribution in [0, 0.1) is 10.8 Å². The molecule has 0 aromatic carbocycles. The van der Waals surface area contributed by atoms with E-state index in [9.17, 15) is 4.79 Å². The van der Waals surface area contributed by atoms with Gasteiger partial charge in [-0.15, -0.1) is 0 Å². The van der Waals surface area contributed by atoms with Gasteiger partial charge in [0.1, 0.15) is 11.5 Å². The van der Waals surface area contributed by atoms with Crippen LogP contribution in [0.2, 0.25) is 0 Å². The second-order valence-corrected chi connectivity index (χ2v) is 8.31. The van der Waals surface area contributed by atoms with Gasteiger partial charge in [-0.2, -0.15) is 0 Å². The minimum atomic E-state index is -0.586. The fourth-order valence-corrected chi connectivity index (χ4v) is 4.95. The first-order valence-corrected chi connectivity index (χ1v) is 9.96. The molecule has 1 saturated carbocycles. The van der Waals surface area contributed by atoms with Gasteiger partial charge in [0.25, 0.3) is 0 Å². The van der Waals surface area contributed by atoms with Crippen LogP contribution in [0.5, 0.6) is 0 Å². The van der Waals surface area contributed by atoms with Crippen LogP contribution >= 0.6 is 0 Å². The first-order valence-electron chi connectivity index (χ1n) is 9.96. The van der Waals surface area contributed by atoms with Gasteiger partial charge in [-0.05, 0) is 58.5 Å². The van der Waals surface area contributed by atoms with E-state index < -0.39 is 5.41 Å². The van der Waals surface area contributed by atoms with Gasteiger partial charge in [-0.1, -0.05) is 19.3 Å². The molecule has 0 atom stereocenters. The number of rotatable bonds is 6. The van der Waals surface area contributed by atoms with Gasteiger partial charge in [0.15, 0.2) is 0 Å². The van der Waals surface area contributed by atoms with Crippen LogP contribution in [0.4, 0.5) is 0 Å². The van der Waals surface area contributed by atoms with Gasteiger partial charge in [0.2, 0.25) is 5.91 Å². The predicted molar refractivity (Wildman–Crippen MR) is 103 cm³/mol. The zero-order valence-electron chi connectivity index (χ0n) is 16.8. The standard InChI is InChI=1S/C21H34N2O3/c1-22(2)12-8-13-23-14-11-20(19(23)24)15-17(25-3)21(18(16-20)26-4)9-6-5-7-10-21/h15-16H,5-14H2,1-4H3. The van der Waals surface area contributed by atoms with Crippen LogP contribution in [0.25, 0.3) is 0 Å². The number of carbonyl (C=O) groups excluding carboxylic acids is 1. The third kappa shape index (κ3) is 3.26. The van der Waals surface area contributed by atoms with E-state index in [1.54, 1.807) is 14.2 Å². The summed E-state index contributed by atoms with van der Waals surface area (Å²) in [6.45, 7) is 2.62. The first kappa shape index (κ1) is 19.3. The summed E-state index contributed by atoms with van der Waals surface area (Å²) < 4.78 is 11.7. The maximum absolute atomic E-state index is 13.3. The Kier molecular flexibility index (Phi) is 5.66. The van der Waals surface area contributed by atoms with Crippen molar-refractivity contribution in [1.82, 2.24) is 9.80 Å². The van der Waals surface area contributed by atoms with E-state index in [1.165, 1.54) is 19.3 Å². The minimum Gasteiger partial charge on any atom is -0.500 e. The molecule has 1 aliphatic heterocycles. The van der Waals surface area contributed by atoms with Gasteiger partial charge in [-0.25, -0.2) is 0 Å². The molecular formula is C21H34N2O3. The van der Waals surface area contributed by atoms with E-state index in [0.717, 1.165) is 56.8 Å². The van der Waals surface area contributed by atoms with Crippen molar-refractivity contribution in [1.29, 1.82) is 0 Å². The Morgan fingerprint density at radius 1 is 1.04 bits per heavy atom. The topological polar surface area (TPSA) is 42.0 Å². The van der Waals surface area contributed by atoms with Gasteiger partial charge in [0.05, 0.1) is 25.0 Å². The average molecular weight is 363 g/mol. The smallest absolute Gasteiger partial charge is 0.236 e. The molecule has 0 aromatic rings. The summed E-state index contributed by atoms with van der Waals surface area (Å²) in [6.07, 6.45) is 11.8. The maximum Gasteiger partial charge on any atom is 0.236 e. The van der Waals surface area contributed by atoms with Crippen molar-refractivity contribution in [2.24, 2.45) is 10.8 Å². The minimum absolute atomic E-state index is 0.161. The van der Waals surface area contributed by atoms with Gasteiger partial charge >= 0.3 is 0 Å². The normalized spacial score (nSPS) is 24.2. The molecule has 5 heteroatoms. The summed E-state index contributed by atoms with van der Waals surface area (Å²) in [4.78, 5) is 17.4. The van der Waals surface area contributed by atoms with Crippen molar-refractivity contribution in [2.75, 3.05) is 47.9 Å². The zero-order chi connectivity index (χ0) is 18.8. The lowest BCUT2D eigenvalue weighted by molar-refractivity contribution is -0.132. The van der Waals surface area contributed by atoms with Crippen molar-refractivity contribution < 1.29 is 14.3 Å². The van der Waals surface area contributed by atoms with Crippen LogP contribution < -0.4 is 0 Å². The Labute approximate surface area is 158 Å².